The summed E-state index contributed by atoms with van der Waals surface area (Å²) in [6.45, 7) is 0.294. The van der Waals surface area contributed by atoms with Gasteiger partial charge in [0.15, 0.2) is 6.61 Å². The molecular weight excluding hydrogens is 1200 g/mol. The highest BCUT2D eigenvalue weighted by molar-refractivity contribution is 6.11. The predicted octanol–water partition coefficient (Wildman–Crippen LogP) is 3.79. The first kappa shape index (κ1) is 73.3. The van der Waals surface area contributed by atoms with Gasteiger partial charge >= 0.3 is 5.97 Å². The quantitative estimate of drug-likeness (QED) is 0.0196. The standard InChI is InChI=1S/C65H83N13O15/c1-90-52-25-21-40(34-44(52)58(70)82)71-63(87)51(20-10-14-32-69)78-61(85)47-37-43(24-28-55(47)93-38-57(80)81)74-65(89)50(19-9-13-31-68)77-60(84)46-36-42(23-27-54(46)92-3)73-64(88)49(18-8-12-30-67)76-59(83)45-35-41(22-26-53(45)91-2)72-62(86)48(17-7-11-29-66)75-56(79)33-39-15-5-4-6-16-39/h4-6,15-16,20-28,34-37,48-50H,7-14,17-19,29-33,38,66-69H2,1-3H3,(H2,70,82)(H,71,87)(H,72,86)(H,73,88)(H,74,89)(H,75,79)(H,76,83)(H,77,84)(H,78,85)(H,80,81). The number of amides is 9. The fourth-order valence-electron chi connectivity index (χ4n) is 9.38. The lowest BCUT2D eigenvalue weighted by Crippen LogP contribution is -2.45. The Balaban J connectivity index is 1.36. The van der Waals surface area contributed by atoms with Gasteiger partial charge in [0, 0.05) is 22.7 Å². The Kier molecular flexibility index (Phi) is 30.2. The van der Waals surface area contributed by atoms with Gasteiger partial charge in [-0.3, -0.25) is 43.2 Å². The van der Waals surface area contributed by atoms with E-state index >= 15 is 0 Å². The highest BCUT2D eigenvalue weighted by Crippen LogP contribution is 2.29. The number of nitrogens with one attached hydrogen (secondary N) is 8. The number of nitrogens with two attached hydrogens (primary N) is 5. The molecule has 0 bridgehead atoms. The van der Waals surface area contributed by atoms with Crippen LogP contribution >= 0.6 is 0 Å². The minimum absolute atomic E-state index is 0.0191. The number of carbonyl (C=O) groups is 10. The molecule has 28 heteroatoms. The summed E-state index contributed by atoms with van der Waals surface area (Å²) in [7, 11) is 3.99. The van der Waals surface area contributed by atoms with E-state index in [9.17, 15) is 53.1 Å². The van der Waals surface area contributed by atoms with Crippen molar-refractivity contribution < 1.29 is 72.0 Å². The highest BCUT2D eigenvalue weighted by atomic mass is 16.5. The number of carboxylic acids is 1. The molecule has 0 saturated carbocycles. The fraction of sp³-hybridized carbons (Fsp3) is 0.354. The Morgan fingerprint density at radius 1 is 0.473 bits per heavy atom. The molecule has 0 heterocycles. The Bertz CT molecular complexity index is 3460. The summed E-state index contributed by atoms with van der Waals surface area (Å²) >= 11 is 0. The molecular formula is C65H83N13O15. The number of unbranched alkanes of at least 4 members (excludes halogenated alkanes) is 4. The Labute approximate surface area is 538 Å². The van der Waals surface area contributed by atoms with Gasteiger partial charge in [0.2, 0.25) is 23.6 Å². The molecule has 0 saturated heterocycles. The van der Waals surface area contributed by atoms with Crippen LogP contribution in [0.1, 0.15) is 118 Å². The van der Waals surface area contributed by atoms with Gasteiger partial charge in [-0.25, -0.2) is 4.79 Å². The number of carbonyl (C=O) groups excluding carboxylic acids is 9. The topological polar surface area (TPSA) is 454 Å². The molecule has 0 aromatic heterocycles. The summed E-state index contributed by atoms with van der Waals surface area (Å²) in [5, 5.41) is 31.2. The number of primary amides is 1. The van der Waals surface area contributed by atoms with Crippen LogP contribution in [0.5, 0.6) is 23.0 Å². The minimum Gasteiger partial charge on any atom is -0.496 e. The monoisotopic (exact) mass is 1290 g/mol. The van der Waals surface area contributed by atoms with Crippen molar-refractivity contribution in [3.05, 3.63) is 143 Å². The third-order valence-corrected chi connectivity index (χ3v) is 14.2. The molecule has 5 aromatic rings. The maximum absolute atomic E-state index is 14.4. The molecule has 5 aromatic carbocycles. The molecule has 498 valence electrons. The molecule has 0 radical (unpaired) electrons. The first-order chi connectivity index (χ1) is 44.7. The molecule has 0 fully saturated rings. The number of anilines is 4. The third kappa shape index (κ3) is 23.4. The number of ether oxygens (including phenoxy) is 4. The number of carboxylic acid groups (broad SMARTS) is 1. The Morgan fingerprint density at radius 3 is 1.29 bits per heavy atom. The van der Waals surface area contributed by atoms with E-state index in [1.165, 1.54) is 100 Å². The van der Waals surface area contributed by atoms with Gasteiger partial charge in [0.05, 0.1) is 50.0 Å². The lowest BCUT2D eigenvalue weighted by atomic mass is 10.1. The van der Waals surface area contributed by atoms with E-state index in [0.29, 0.717) is 64.5 Å². The van der Waals surface area contributed by atoms with E-state index in [1.54, 1.807) is 12.1 Å². The van der Waals surface area contributed by atoms with Gasteiger partial charge in [-0.2, -0.15) is 0 Å². The van der Waals surface area contributed by atoms with Crippen LogP contribution in [0.25, 0.3) is 0 Å². The second-order valence-corrected chi connectivity index (χ2v) is 21.1. The first-order valence-electron chi connectivity index (χ1n) is 30.1. The van der Waals surface area contributed by atoms with E-state index in [1.807, 2.05) is 18.2 Å². The van der Waals surface area contributed by atoms with Crippen molar-refractivity contribution in [2.24, 2.45) is 28.7 Å². The highest BCUT2D eigenvalue weighted by Gasteiger charge is 2.29. The SMILES string of the molecule is COc1ccc(NC(=O)C(=CCCCN)NC(=O)c2cc(NC(=O)C(CCCCN)NC(=O)c3cc(NC(=O)C(CCCCN)NC(=O)c4cc(NC(=O)C(CCCCN)NC(=O)Cc5ccccc5)ccc4OC)ccc3OC)ccc2OCC(=O)O)cc1C(N)=O. The van der Waals surface area contributed by atoms with E-state index in [0.717, 1.165) is 5.56 Å². The van der Waals surface area contributed by atoms with Gasteiger partial charge in [0.1, 0.15) is 46.8 Å². The second kappa shape index (κ2) is 38.3. The zero-order valence-electron chi connectivity index (χ0n) is 52.2. The summed E-state index contributed by atoms with van der Waals surface area (Å²) in [5.41, 5.74) is 29.0. The maximum atomic E-state index is 14.4. The van der Waals surface area contributed by atoms with E-state index in [2.05, 4.69) is 42.5 Å². The van der Waals surface area contributed by atoms with Crippen LogP contribution in [-0.2, 0) is 35.2 Å². The predicted molar refractivity (Wildman–Crippen MR) is 349 cm³/mol. The van der Waals surface area contributed by atoms with Crippen molar-refractivity contribution in [2.75, 3.05) is 75.4 Å². The van der Waals surface area contributed by atoms with Crippen molar-refractivity contribution in [3.8, 4) is 23.0 Å². The number of hydrogen-bond donors (Lipinski definition) is 14. The molecule has 9 amide bonds. The average molecular weight is 1290 g/mol. The van der Waals surface area contributed by atoms with Crippen molar-refractivity contribution in [2.45, 2.75) is 95.2 Å². The minimum atomic E-state index is -1.38. The number of aliphatic carboxylic acids is 1. The van der Waals surface area contributed by atoms with Crippen molar-refractivity contribution in [1.29, 1.82) is 0 Å². The van der Waals surface area contributed by atoms with Crippen LogP contribution < -0.4 is 90.2 Å². The number of methoxy groups -OCH3 is 3. The van der Waals surface area contributed by atoms with Crippen molar-refractivity contribution >= 4 is 81.9 Å². The molecule has 0 aliphatic rings. The molecule has 19 N–H and O–H groups in total. The normalized spacial score (nSPS) is 11.9. The number of rotatable bonds is 39. The first-order valence-corrected chi connectivity index (χ1v) is 30.1. The molecule has 3 unspecified atom stereocenters. The maximum Gasteiger partial charge on any atom is 0.341 e. The van der Waals surface area contributed by atoms with Gasteiger partial charge < -0.3 is 95.3 Å². The molecule has 0 spiro atoms. The molecule has 28 nitrogen and oxygen atoms in total. The molecule has 93 heavy (non-hydrogen) atoms. The largest absolute Gasteiger partial charge is 0.496 e. The van der Waals surface area contributed by atoms with Crippen LogP contribution in [0.15, 0.2) is 115 Å². The van der Waals surface area contributed by atoms with Crippen LogP contribution in [0.4, 0.5) is 22.7 Å². The van der Waals surface area contributed by atoms with E-state index in [4.69, 9.17) is 47.6 Å². The number of hydrogen-bond acceptors (Lipinski definition) is 18. The van der Waals surface area contributed by atoms with Gasteiger partial charge in [-0.05, 0) is 175 Å². The lowest BCUT2D eigenvalue weighted by Gasteiger charge is -2.21. The number of allylic oxidation sites excluding steroid dienone is 1. The average Bonchev–Trinajstić information content (AvgIpc) is 0.978. The lowest BCUT2D eigenvalue weighted by molar-refractivity contribution is -0.139. The van der Waals surface area contributed by atoms with E-state index in [-0.39, 0.29) is 118 Å². The summed E-state index contributed by atoms with van der Waals surface area (Å²) in [4.78, 5) is 136. The van der Waals surface area contributed by atoms with Crippen molar-refractivity contribution in [3.63, 3.8) is 0 Å². The summed E-state index contributed by atoms with van der Waals surface area (Å²) in [6, 6.07) is 22.1. The molecule has 0 aliphatic carbocycles. The van der Waals surface area contributed by atoms with Crippen LogP contribution in [0.3, 0.4) is 0 Å². The third-order valence-electron chi connectivity index (χ3n) is 14.2. The summed E-state index contributed by atoms with van der Waals surface area (Å²) in [6.07, 6.45) is 5.43. The van der Waals surface area contributed by atoms with Gasteiger partial charge in [-0.1, -0.05) is 36.4 Å². The molecule has 0 aliphatic heterocycles. The van der Waals surface area contributed by atoms with Crippen LogP contribution in [0.2, 0.25) is 0 Å². The number of benzene rings is 5. The van der Waals surface area contributed by atoms with Crippen LogP contribution in [-0.4, -0.2) is 136 Å². The smallest absolute Gasteiger partial charge is 0.341 e. The Hall–Kier alpha value is -10.4. The fourth-order valence-corrected chi connectivity index (χ4v) is 9.38. The van der Waals surface area contributed by atoms with Gasteiger partial charge in [0.25, 0.3) is 29.5 Å². The summed E-state index contributed by atoms with van der Waals surface area (Å²) in [5.74, 6) is -7.85. The van der Waals surface area contributed by atoms with E-state index < -0.39 is 78.0 Å². The van der Waals surface area contributed by atoms with Crippen LogP contribution in [0, 0.1) is 0 Å². The molecule has 3 atom stereocenters. The van der Waals surface area contributed by atoms with Gasteiger partial charge in [-0.15, -0.1) is 0 Å². The second-order valence-electron chi connectivity index (χ2n) is 21.1. The summed E-state index contributed by atoms with van der Waals surface area (Å²) < 4.78 is 21.7. The Morgan fingerprint density at radius 2 is 0.871 bits per heavy atom. The zero-order valence-corrected chi connectivity index (χ0v) is 52.2. The van der Waals surface area contributed by atoms with Crippen molar-refractivity contribution in [1.82, 2.24) is 21.3 Å². The molecule has 5 rings (SSSR count). The zero-order chi connectivity index (χ0) is 67.8.